The van der Waals surface area contributed by atoms with E-state index < -0.39 is 9.84 Å². The van der Waals surface area contributed by atoms with E-state index in [-0.39, 0.29) is 10.8 Å². The normalized spacial score (nSPS) is 11.6. The Bertz CT molecular complexity index is 1230. The minimum absolute atomic E-state index is 0.124. The van der Waals surface area contributed by atoms with E-state index in [9.17, 15) is 13.2 Å². The number of nitrogens with zero attached hydrogens (tertiary/aromatic N) is 2. The maximum Gasteiger partial charge on any atom is 0.270 e. The molecule has 0 radical (unpaired) electrons. The topological polar surface area (TPSA) is 67.3 Å². The van der Waals surface area contributed by atoms with Crippen LogP contribution in [0.15, 0.2) is 70.9 Å². The lowest BCUT2D eigenvalue weighted by molar-refractivity contribution is 0.0989. The number of thiophene rings is 1. The van der Waals surface area contributed by atoms with Crippen LogP contribution < -0.4 is 4.90 Å². The fraction of sp³-hybridized carbons (Fsp3) is 0.100. The third kappa shape index (κ3) is 3.84. The summed E-state index contributed by atoms with van der Waals surface area (Å²) in [6.45, 7) is 0.385. The van der Waals surface area contributed by atoms with E-state index in [0.29, 0.717) is 22.1 Å². The van der Waals surface area contributed by atoms with Gasteiger partial charge in [-0.15, -0.1) is 11.3 Å². The van der Waals surface area contributed by atoms with Gasteiger partial charge in [-0.05, 0) is 35.2 Å². The SMILES string of the molecule is CS(=O)(=O)c1ccc2nc(N(Cc3ccccc3)C(=O)c3cccs3)sc2c1. The first-order chi connectivity index (χ1) is 13.4. The standard InChI is InChI=1S/C20H16N2O3S3/c1-28(24,25)15-9-10-16-18(12-15)27-20(21-16)22(13-14-6-3-2-4-7-14)19(23)17-8-5-11-26-17/h2-12H,13H2,1H3. The molecule has 0 fully saturated rings. The van der Waals surface area contributed by atoms with Crippen molar-refractivity contribution in [2.45, 2.75) is 11.4 Å². The van der Waals surface area contributed by atoms with Gasteiger partial charge in [-0.1, -0.05) is 47.7 Å². The summed E-state index contributed by atoms with van der Waals surface area (Å²) in [7, 11) is -3.31. The summed E-state index contributed by atoms with van der Waals surface area (Å²) in [5.74, 6) is -0.124. The van der Waals surface area contributed by atoms with Crippen LogP contribution in [0.2, 0.25) is 0 Å². The first-order valence-electron chi connectivity index (χ1n) is 8.42. The van der Waals surface area contributed by atoms with E-state index in [4.69, 9.17) is 0 Å². The first kappa shape index (κ1) is 18.8. The molecule has 2 heterocycles. The summed E-state index contributed by atoms with van der Waals surface area (Å²) in [6, 6.07) is 18.2. The van der Waals surface area contributed by atoms with Gasteiger partial charge in [0.15, 0.2) is 15.0 Å². The quantitative estimate of drug-likeness (QED) is 0.466. The average molecular weight is 429 g/mol. The average Bonchev–Trinajstić information content (AvgIpc) is 3.34. The van der Waals surface area contributed by atoms with Gasteiger partial charge in [-0.3, -0.25) is 9.69 Å². The van der Waals surface area contributed by atoms with Crippen LogP contribution >= 0.6 is 22.7 Å². The van der Waals surface area contributed by atoms with Crippen molar-refractivity contribution < 1.29 is 13.2 Å². The third-order valence-corrected chi connectivity index (χ3v) is 7.18. The monoisotopic (exact) mass is 428 g/mol. The zero-order valence-electron chi connectivity index (χ0n) is 14.9. The van der Waals surface area contributed by atoms with Crippen molar-refractivity contribution in [1.29, 1.82) is 0 Å². The number of amides is 1. The molecule has 4 rings (SSSR count). The second kappa shape index (κ2) is 7.46. The van der Waals surface area contributed by atoms with Crippen LogP contribution in [0.1, 0.15) is 15.2 Å². The van der Waals surface area contributed by atoms with Crippen molar-refractivity contribution in [3.8, 4) is 0 Å². The zero-order chi connectivity index (χ0) is 19.7. The van der Waals surface area contributed by atoms with Gasteiger partial charge in [-0.25, -0.2) is 13.4 Å². The van der Waals surface area contributed by atoms with Crippen molar-refractivity contribution in [1.82, 2.24) is 4.98 Å². The zero-order valence-corrected chi connectivity index (χ0v) is 17.4. The number of thiazole rings is 1. The van der Waals surface area contributed by atoms with E-state index in [0.717, 1.165) is 10.3 Å². The van der Waals surface area contributed by atoms with Crippen LogP contribution in [0.3, 0.4) is 0 Å². The highest BCUT2D eigenvalue weighted by atomic mass is 32.2. The van der Waals surface area contributed by atoms with Gasteiger partial charge in [0.25, 0.3) is 5.91 Å². The number of hydrogen-bond acceptors (Lipinski definition) is 6. The molecule has 8 heteroatoms. The number of carbonyl (C=O) groups is 1. The van der Waals surface area contributed by atoms with Crippen LogP contribution in [-0.2, 0) is 16.4 Å². The number of anilines is 1. The summed E-state index contributed by atoms with van der Waals surface area (Å²) in [5.41, 5.74) is 1.66. The van der Waals surface area contributed by atoms with Crippen molar-refractivity contribution in [3.05, 3.63) is 76.5 Å². The van der Waals surface area contributed by atoms with E-state index >= 15 is 0 Å². The number of aromatic nitrogens is 1. The molecule has 4 aromatic rings. The summed E-state index contributed by atoms with van der Waals surface area (Å²) in [6.07, 6.45) is 1.18. The maximum absolute atomic E-state index is 13.1. The Kier molecular flexibility index (Phi) is 5.01. The molecular weight excluding hydrogens is 412 g/mol. The molecule has 0 unspecified atom stereocenters. The number of rotatable bonds is 5. The Labute approximate surface area is 170 Å². The largest absolute Gasteiger partial charge is 0.279 e. The number of fused-ring (bicyclic) bond motifs is 1. The van der Waals surface area contributed by atoms with Crippen LogP contribution in [-0.4, -0.2) is 25.6 Å². The molecule has 0 atom stereocenters. The summed E-state index contributed by atoms with van der Waals surface area (Å²) < 4.78 is 24.4. The van der Waals surface area contributed by atoms with Gasteiger partial charge in [-0.2, -0.15) is 0 Å². The predicted octanol–water partition coefficient (Wildman–Crippen LogP) is 4.61. The van der Waals surface area contributed by atoms with Gasteiger partial charge in [0, 0.05) is 6.26 Å². The molecule has 28 heavy (non-hydrogen) atoms. The van der Waals surface area contributed by atoms with Crippen molar-refractivity contribution in [2.75, 3.05) is 11.2 Å². The van der Waals surface area contributed by atoms with Gasteiger partial charge < -0.3 is 0 Å². The Morgan fingerprint density at radius 2 is 1.86 bits per heavy atom. The highest BCUT2D eigenvalue weighted by Crippen LogP contribution is 2.32. The fourth-order valence-electron chi connectivity index (χ4n) is 2.76. The second-order valence-electron chi connectivity index (χ2n) is 6.25. The Morgan fingerprint density at radius 3 is 2.54 bits per heavy atom. The molecule has 2 aromatic carbocycles. The minimum atomic E-state index is -3.31. The van der Waals surface area contributed by atoms with Crippen molar-refractivity contribution in [3.63, 3.8) is 0 Å². The van der Waals surface area contributed by atoms with Gasteiger partial charge in [0.05, 0.1) is 26.5 Å². The molecule has 0 N–H and O–H groups in total. The van der Waals surface area contributed by atoms with Gasteiger partial charge >= 0.3 is 0 Å². The van der Waals surface area contributed by atoms with E-state index in [1.54, 1.807) is 29.2 Å². The van der Waals surface area contributed by atoms with E-state index in [1.807, 2.05) is 41.8 Å². The van der Waals surface area contributed by atoms with Gasteiger partial charge in [0.1, 0.15) is 0 Å². The molecule has 0 saturated carbocycles. The number of carbonyl (C=O) groups excluding carboxylic acids is 1. The molecule has 2 aromatic heterocycles. The highest BCUT2D eigenvalue weighted by Gasteiger charge is 2.23. The van der Waals surface area contributed by atoms with Gasteiger partial charge in [0.2, 0.25) is 0 Å². The van der Waals surface area contributed by atoms with Crippen molar-refractivity contribution in [2.24, 2.45) is 0 Å². The Balaban J connectivity index is 1.78. The Morgan fingerprint density at radius 1 is 1.07 bits per heavy atom. The van der Waals surface area contributed by atoms with Crippen LogP contribution in [0, 0.1) is 0 Å². The maximum atomic E-state index is 13.1. The third-order valence-electron chi connectivity index (χ3n) is 4.17. The molecule has 0 spiro atoms. The van der Waals surface area contributed by atoms with Crippen LogP contribution in [0.5, 0.6) is 0 Å². The molecule has 5 nitrogen and oxygen atoms in total. The molecule has 0 aliphatic heterocycles. The molecule has 0 saturated heterocycles. The van der Waals surface area contributed by atoms with E-state index in [1.165, 1.54) is 28.9 Å². The number of sulfone groups is 1. The van der Waals surface area contributed by atoms with Crippen molar-refractivity contribution >= 4 is 53.8 Å². The smallest absolute Gasteiger partial charge is 0.270 e. The predicted molar refractivity (Wildman–Crippen MR) is 114 cm³/mol. The van der Waals surface area contributed by atoms with Crippen LogP contribution in [0.4, 0.5) is 5.13 Å². The second-order valence-corrected chi connectivity index (χ2v) is 10.2. The summed E-state index contributed by atoms with van der Waals surface area (Å²) >= 11 is 2.70. The fourth-order valence-corrected chi connectivity index (χ4v) is 5.16. The molecular formula is C20H16N2O3S3. The first-order valence-corrected chi connectivity index (χ1v) is 12.0. The molecule has 0 bridgehead atoms. The minimum Gasteiger partial charge on any atom is -0.279 e. The molecule has 0 aliphatic carbocycles. The van der Waals surface area contributed by atoms with E-state index in [2.05, 4.69) is 4.98 Å². The summed E-state index contributed by atoms with van der Waals surface area (Å²) in [5, 5.41) is 2.41. The lowest BCUT2D eigenvalue weighted by Crippen LogP contribution is -2.29. The Hall–Kier alpha value is -2.55. The lowest BCUT2D eigenvalue weighted by atomic mass is 10.2. The number of benzene rings is 2. The van der Waals surface area contributed by atoms with Crippen LogP contribution in [0.25, 0.3) is 10.2 Å². The molecule has 0 aliphatic rings. The number of hydrogen-bond donors (Lipinski definition) is 0. The summed E-state index contributed by atoms with van der Waals surface area (Å²) in [4.78, 5) is 20.2. The molecule has 142 valence electrons. The highest BCUT2D eigenvalue weighted by molar-refractivity contribution is 7.90. The molecule has 1 amide bonds. The lowest BCUT2D eigenvalue weighted by Gasteiger charge is -2.19.